The highest BCUT2D eigenvalue weighted by Gasteiger charge is 2.07. The van der Waals surface area contributed by atoms with Crippen LogP contribution in [0.5, 0.6) is 11.8 Å². The average molecular weight is 338 g/mol. The van der Waals surface area contributed by atoms with Crippen molar-refractivity contribution in [3.05, 3.63) is 45.7 Å². The molecule has 0 amide bonds. The minimum Gasteiger partial charge on any atom is -0.424 e. The average Bonchev–Trinajstić information content (AvgIpc) is 2.36. The van der Waals surface area contributed by atoms with Crippen molar-refractivity contribution in [1.82, 2.24) is 9.97 Å². The molecule has 6 heteroatoms. The molecule has 0 saturated carbocycles. The van der Waals surface area contributed by atoms with Crippen LogP contribution in [0, 0.1) is 13.8 Å². The van der Waals surface area contributed by atoms with E-state index in [-0.39, 0.29) is 11.0 Å². The summed E-state index contributed by atoms with van der Waals surface area (Å²) in [5, 5.41) is 0. The zero-order valence-electron chi connectivity index (χ0n) is 10.5. The molecule has 98 valence electrons. The highest BCUT2D eigenvalue weighted by Crippen LogP contribution is 2.28. The molecule has 2 N–H and O–H groups in total. The van der Waals surface area contributed by atoms with Gasteiger partial charge in [0.05, 0.1) is 0 Å². The second kappa shape index (κ2) is 5.63. The summed E-state index contributed by atoms with van der Waals surface area (Å²) in [5.74, 6) is 0.679. The van der Waals surface area contributed by atoms with Crippen molar-refractivity contribution in [2.24, 2.45) is 5.73 Å². The van der Waals surface area contributed by atoms with Gasteiger partial charge in [-0.3, -0.25) is 0 Å². The van der Waals surface area contributed by atoms with Gasteiger partial charge in [-0.05, 0) is 43.2 Å². The fraction of sp³-hybridized carbons (Fsp3) is 0.154. The normalized spacial score (nSPS) is 10.3. The Kier molecular flexibility index (Phi) is 4.11. The highest BCUT2D eigenvalue weighted by molar-refractivity contribution is 9.10. The fourth-order valence-electron chi connectivity index (χ4n) is 1.60. The van der Waals surface area contributed by atoms with Crippen LogP contribution >= 0.6 is 28.1 Å². The molecule has 0 atom stereocenters. The first kappa shape index (κ1) is 13.9. The molecule has 1 aromatic carbocycles. The summed E-state index contributed by atoms with van der Waals surface area (Å²) in [6.07, 6.45) is 1.56. The van der Waals surface area contributed by atoms with E-state index in [0.29, 0.717) is 11.4 Å². The van der Waals surface area contributed by atoms with Crippen molar-refractivity contribution in [1.29, 1.82) is 0 Å². The van der Waals surface area contributed by atoms with Crippen molar-refractivity contribution < 1.29 is 4.74 Å². The third-order valence-electron chi connectivity index (χ3n) is 2.51. The number of hydrogen-bond donors (Lipinski definition) is 1. The van der Waals surface area contributed by atoms with Gasteiger partial charge >= 0.3 is 6.01 Å². The maximum absolute atomic E-state index is 5.63. The molecule has 1 aromatic heterocycles. The standard InChI is InChI=1S/C13H12BrN3OS/c1-7-5-9(6-8(2)11(7)14)18-13-16-4-3-10(17-13)12(15)19/h3-6H,1-2H3,(H2,15,19). The van der Waals surface area contributed by atoms with Crippen molar-refractivity contribution in [2.45, 2.75) is 13.8 Å². The lowest BCUT2D eigenvalue weighted by Crippen LogP contribution is -2.12. The zero-order valence-corrected chi connectivity index (χ0v) is 12.9. The monoisotopic (exact) mass is 337 g/mol. The minimum absolute atomic E-state index is 0.218. The van der Waals surface area contributed by atoms with Crippen LogP contribution in [0.4, 0.5) is 0 Å². The number of thiocarbonyl (C=S) groups is 1. The summed E-state index contributed by atoms with van der Waals surface area (Å²) in [7, 11) is 0. The van der Waals surface area contributed by atoms with Gasteiger partial charge in [-0.1, -0.05) is 28.1 Å². The van der Waals surface area contributed by atoms with Crippen LogP contribution in [-0.2, 0) is 0 Å². The number of ether oxygens (including phenoxy) is 1. The Bertz CT molecular complexity index is 623. The van der Waals surface area contributed by atoms with E-state index in [1.165, 1.54) is 0 Å². The Balaban J connectivity index is 2.31. The summed E-state index contributed by atoms with van der Waals surface area (Å²) in [6.45, 7) is 3.99. The number of rotatable bonds is 3. The lowest BCUT2D eigenvalue weighted by molar-refractivity contribution is 0.440. The van der Waals surface area contributed by atoms with Gasteiger partial charge in [0.15, 0.2) is 0 Å². The molecule has 0 aliphatic heterocycles. The van der Waals surface area contributed by atoms with Crippen LogP contribution in [0.1, 0.15) is 16.8 Å². The Hall–Kier alpha value is -1.53. The molecule has 4 nitrogen and oxygen atoms in total. The van der Waals surface area contributed by atoms with E-state index < -0.39 is 0 Å². The topological polar surface area (TPSA) is 61.0 Å². The lowest BCUT2D eigenvalue weighted by atomic mass is 10.1. The molecular formula is C13H12BrN3OS. The van der Waals surface area contributed by atoms with Crippen LogP contribution in [-0.4, -0.2) is 15.0 Å². The number of hydrogen-bond acceptors (Lipinski definition) is 4. The highest BCUT2D eigenvalue weighted by atomic mass is 79.9. The second-order valence-electron chi connectivity index (χ2n) is 4.06. The summed E-state index contributed by atoms with van der Waals surface area (Å²) < 4.78 is 6.69. The minimum atomic E-state index is 0.218. The molecule has 0 aliphatic carbocycles. The van der Waals surface area contributed by atoms with E-state index in [2.05, 4.69) is 25.9 Å². The number of halogens is 1. The second-order valence-corrected chi connectivity index (χ2v) is 5.29. The molecule has 0 fully saturated rings. The number of benzene rings is 1. The Labute approximate surface area is 125 Å². The summed E-state index contributed by atoms with van der Waals surface area (Å²) in [4.78, 5) is 8.39. The van der Waals surface area contributed by atoms with Crippen molar-refractivity contribution in [3.63, 3.8) is 0 Å². The van der Waals surface area contributed by atoms with E-state index in [1.807, 2.05) is 26.0 Å². The molecule has 2 rings (SSSR count). The third kappa shape index (κ3) is 3.27. The molecular weight excluding hydrogens is 326 g/mol. The molecule has 0 unspecified atom stereocenters. The fourth-order valence-corrected chi connectivity index (χ4v) is 1.94. The van der Waals surface area contributed by atoms with E-state index in [4.69, 9.17) is 22.7 Å². The van der Waals surface area contributed by atoms with Gasteiger partial charge in [0.25, 0.3) is 0 Å². The molecule has 19 heavy (non-hydrogen) atoms. The van der Waals surface area contributed by atoms with Gasteiger partial charge in [-0.25, -0.2) is 4.98 Å². The molecule has 1 heterocycles. The molecule has 2 aromatic rings. The van der Waals surface area contributed by atoms with Gasteiger partial charge in [-0.2, -0.15) is 4.98 Å². The van der Waals surface area contributed by atoms with Gasteiger partial charge in [0.1, 0.15) is 16.4 Å². The summed E-state index contributed by atoms with van der Waals surface area (Å²) >= 11 is 8.38. The lowest BCUT2D eigenvalue weighted by Gasteiger charge is -2.09. The number of nitrogens with zero attached hydrogens (tertiary/aromatic N) is 2. The van der Waals surface area contributed by atoms with Crippen molar-refractivity contribution >= 4 is 33.1 Å². The van der Waals surface area contributed by atoms with E-state index >= 15 is 0 Å². The summed E-state index contributed by atoms with van der Waals surface area (Å²) in [6, 6.07) is 5.70. The van der Waals surface area contributed by atoms with Crippen LogP contribution in [0.2, 0.25) is 0 Å². The first-order valence-electron chi connectivity index (χ1n) is 5.55. The molecule has 0 radical (unpaired) electrons. The van der Waals surface area contributed by atoms with Gasteiger partial charge in [0.2, 0.25) is 0 Å². The summed E-state index contributed by atoms with van der Waals surface area (Å²) in [5.41, 5.74) is 8.18. The first-order valence-corrected chi connectivity index (χ1v) is 6.75. The molecule has 0 spiro atoms. The van der Waals surface area contributed by atoms with Crippen LogP contribution in [0.25, 0.3) is 0 Å². The quantitative estimate of drug-likeness (QED) is 0.871. The van der Waals surface area contributed by atoms with Gasteiger partial charge in [-0.15, -0.1) is 0 Å². The number of nitrogens with two attached hydrogens (primary N) is 1. The predicted octanol–water partition coefficient (Wildman–Crippen LogP) is 3.28. The first-order chi connectivity index (χ1) is 8.97. The predicted molar refractivity (Wildman–Crippen MR) is 81.6 cm³/mol. The third-order valence-corrected chi connectivity index (χ3v) is 3.96. The zero-order chi connectivity index (χ0) is 14.0. The number of aromatic nitrogens is 2. The van der Waals surface area contributed by atoms with E-state index in [1.54, 1.807) is 12.3 Å². The van der Waals surface area contributed by atoms with Crippen LogP contribution in [0.3, 0.4) is 0 Å². The Morgan fingerprint density at radius 1 is 1.32 bits per heavy atom. The smallest absolute Gasteiger partial charge is 0.322 e. The molecule has 0 aliphatic rings. The molecule has 0 bridgehead atoms. The van der Waals surface area contributed by atoms with E-state index in [9.17, 15) is 0 Å². The van der Waals surface area contributed by atoms with Crippen LogP contribution < -0.4 is 10.5 Å². The van der Waals surface area contributed by atoms with Crippen LogP contribution in [0.15, 0.2) is 28.9 Å². The van der Waals surface area contributed by atoms with E-state index in [0.717, 1.165) is 15.6 Å². The maximum atomic E-state index is 5.63. The van der Waals surface area contributed by atoms with Gasteiger partial charge in [0, 0.05) is 10.7 Å². The maximum Gasteiger partial charge on any atom is 0.322 e. The van der Waals surface area contributed by atoms with Gasteiger partial charge < -0.3 is 10.5 Å². The van der Waals surface area contributed by atoms with Crippen molar-refractivity contribution in [2.75, 3.05) is 0 Å². The molecule has 0 saturated heterocycles. The largest absolute Gasteiger partial charge is 0.424 e. The van der Waals surface area contributed by atoms with Crippen molar-refractivity contribution in [3.8, 4) is 11.8 Å². The number of aryl methyl sites for hydroxylation is 2. The Morgan fingerprint density at radius 2 is 1.95 bits per heavy atom. The Morgan fingerprint density at radius 3 is 2.53 bits per heavy atom. The SMILES string of the molecule is Cc1cc(Oc2nccc(C(N)=S)n2)cc(C)c1Br.